The molecule has 108 valence electrons. The molecule has 19 heavy (non-hydrogen) atoms. The molecule has 0 fully saturated rings. The maximum Gasteiger partial charge on any atom is 0.501 e. The van der Waals surface area contributed by atoms with Crippen molar-refractivity contribution in [2.45, 2.75) is 23.4 Å². The van der Waals surface area contributed by atoms with Gasteiger partial charge >= 0.3 is 5.51 Å². The maximum atomic E-state index is 13.0. The van der Waals surface area contributed by atoms with Crippen LogP contribution in [0.3, 0.4) is 0 Å². The second-order valence-corrected chi connectivity index (χ2v) is 5.86. The van der Waals surface area contributed by atoms with Crippen LogP contribution >= 0.6 is 0 Å². The maximum absolute atomic E-state index is 13.0. The molecule has 3 N–H and O–H groups in total. The molecule has 0 heterocycles. The van der Waals surface area contributed by atoms with Gasteiger partial charge in [-0.1, -0.05) is 0 Å². The first-order valence-electron chi connectivity index (χ1n) is 5.16. The van der Waals surface area contributed by atoms with Gasteiger partial charge in [0.25, 0.3) is 9.84 Å². The van der Waals surface area contributed by atoms with Crippen molar-refractivity contribution in [3.05, 3.63) is 24.0 Å². The molecule has 0 radical (unpaired) electrons. The van der Waals surface area contributed by atoms with Gasteiger partial charge in [0.05, 0.1) is 5.69 Å². The fourth-order valence-electron chi connectivity index (χ4n) is 1.26. The fraction of sp³-hybridized carbons (Fsp3) is 0.400. The minimum atomic E-state index is -5.62. The molecule has 1 aromatic rings. The van der Waals surface area contributed by atoms with Gasteiger partial charge in [0.2, 0.25) is 0 Å². The Morgan fingerprint density at radius 3 is 2.42 bits per heavy atom. The molecule has 0 aromatic heterocycles. The van der Waals surface area contributed by atoms with Crippen LogP contribution in [0.25, 0.3) is 0 Å². The van der Waals surface area contributed by atoms with Gasteiger partial charge in [-0.05, 0) is 25.1 Å². The Morgan fingerprint density at radius 2 is 1.95 bits per heavy atom. The number of rotatable bonds is 4. The number of benzene rings is 1. The number of nitrogens with two attached hydrogens (primary N) is 1. The SMILES string of the molecule is CC(N)CNc1ccc(F)cc1S(=O)(=O)C(F)(F)F. The molecule has 0 aliphatic carbocycles. The van der Waals surface area contributed by atoms with Crippen LogP contribution in [-0.4, -0.2) is 26.5 Å². The van der Waals surface area contributed by atoms with Crippen LogP contribution in [0.2, 0.25) is 0 Å². The van der Waals surface area contributed by atoms with E-state index < -0.39 is 32.1 Å². The first kappa shape index (κ1) is 15.7. The Balaban J connectivity index is 3.29. The lowest BCUT2D eigenvalue weighted by atomic mass is 10.3. The van der Waals surface area contributed by atoms with Crippen molar-refractivity contribution in [3.63, 3.8) is 0 Å². The van der Waals surface area contributed by atoms with Crippen LogP contribution in [0.5, 0.6) is 0 Å². The van der Waals surface area contributed by atoms with Crippen molar-refractivity contribution in [2.24, 2.45) is 5.73 Å². The van der Waals surface area contributed by atoms with E-state index in [1.807, 2.05) is 0 Å². The molecule has 4 nitrogen and oxygen atoms in total. The lowest BCUT2D eigenvalue weighted by Crippen LogP contribution is -2.28. The van der Waals surface area contributed by atoms with E-state index >= 15 is 0 Å². The Morgan fingerprint density at radius 1 is 1.37 bits per heavy atom. The summed E-state index contributed by atoms with van der Waals surface area (Å²) in [7, 11) is -5.62. The van der Waals surface area contributed by atoms with E-state index in [1.165, 1.54) is 0 Å². The van der Waals surface area contributed by atoms with E-state index in [1.54, 1.807) is 6.92 Å². The first-order chi connectivity index (χ1) is 8.55. The van der Waals surface area contributed by atoms with Gasteiger partial charge in [0.15, 0.2) is 0 Å². The molecule has 1 rings (SSSR count). The summed E-state index contributed by atoms with van der Waals surface area (Å²) in [5.74, 6) is -1.07. The smallest absolute Gasteiger partial charge is 0.382 e. The van der Waals surface area contributed by atoms with E-state index in [0.29, 0.717) is 6.07 Å². The largest absolute Gasteiger partial charge is 0.501 e. The molecule has 0 spiro atoms. The van der Waals surface area contributed by atoms with Crippen LogP contribution in [0.1, 0.15) is 6.92 Å². The van der Waals surface area contributed by atoms with E-state index in [0.717, 1.165) is 12.1 Å². The van der Waals surface area contributed by atoms with Gasteiger partial charge in [-0.3, -0.25) is 0 Å². The zero-order valence-corrected chi connectivity index (χ0v) is 10.6. The van der Waals surface area contributed by atoms with E-state index in [9.17, 15) is 26.0 Å². The van der Waals surface area contributed by atoms with Gasteiger partial charge in [-0.2, -0.15) is 13.2 Å². The number of nitrogens with one attached hydrogen (secondary N) is 1. The monoisotopic (exact) mass is 300 g/mol. The highest BCUT2D eigenvalue weighted by Gasteiger charge is 2.48. The number of sulfone groups is 1. The zero-order chi connectivity index (χ0) is 14.8. The molecule has 0 aliphatic heterocycles. The summed E-state index contributed by atoms with van der Waals surface area (Å²) < 4.78 is 73.0. The van der Waals surface area contributed by atoms with Crippen LogP contribution in [-0.2, 0) is 9.84 Å². The average molecular weight is 300 g/mol. The van der Waals surface area contributed by atoms with Crippen molar-refractivity contribution in [1.29, 1.82) is 0 Å². The quantitative estimate of drug-likeness (QED) is 0.833. The number of alkyl halides is 3. The highest BCUT2D eigenvalue weighted by atomic mass is 32.2. The molecule has 0 saturated heterocycles. The summed E-state index contributed by atoms with van der Waals surface area (Å²) in [6.45, 7) is 1.63. The first-order valence-corrected chi connectivity index (χ1v) is 6.64. The lowest BCUT2D eigenvalue weighted by Gasteiger charge is -2.15. The van der Waals surface area contributed by atoms with E-state index in [-0.39, 0.29) is 12.2 Å². The second-order valence-electron chi connectivity index (χ2n) is 3.95. The summed E-state index contributed by atoms with van der Waals surface area (Å²) in [5, 5.41) is 2.45. The fourth-order valence-corrected chi connectivity index (χ4v) is 2.21. The van der Waals surface area contributed by atoms with Crippen molar-refractivity contribution in [1.82, 2.24) is 0 Å². The third kappa shape index (κ3) is 3.57. The van der Waals surface area contributed by atoms with Gasteiger partial charge in [-0.25, -0.2) is 12.8 Å². The lowest BCUT2D eigenvalue weighted by molar-refractivity contribution is -0.0435. The zero-order valence-electron chi connectivity index (χ0n) is 9.83. The van der Waals surface area contributed by atoms with E-state index in [2.05, 4.69) is 5.32 Å². The van der Waals surface area contributed by atoms with Crippen molar-refractivity contribution in [2.75, 3.05) is 11.9 Å². The van der Waals surface area contributed by atoms with Crippen LogP contribution < -0.4 is 11.1 Å². The molecule has 0 saturated carbocycles. The topological polar surface area (TPSA) is 72.2 Å². The van der Waals surface area contributed by atoms with Crippen molar-refractivity contribution >= 4 is 15.5 Å². The highest BCUT2D eigenvalue weighted by molar-refractivity contribution is 7.92. The molecule has 0 bridgehead atoms. The molecule has 1 atom stereocenters. The molecule has 1 unspecified atom stereocenters. The average Bonchev–Trinajstić information content (AvgIpc) is 2.25. The molecule has 1 aromatic carbocycles. The van der Waals surface area contributed by atoms with Crippen molar-refractivity contribution in [3.8, 4) is 0 Å². The number of anilines is 1. The minimum Gasteiger partial charge on any atom is -0.382 e. The number of hydrogen-bond acceptors (Lipinski definition) is 4. The molecule has 0 amide bonds. The Bertz CT molecular complexity index is 555. The van der Waals surface area contributed by atoms with Crippen molar-refractivity contribution < 1.29 is 26.0 Å². The summed E-state index contributed by atoms with van der Waals surface area (Å²) >= 11 is 0. The van der Waals surface area contributed by atoms with Gasteiger partial charge in [0.1, 0.15) is 10.7 Å². The van der Waals surface area contributed by atoms with E-state index in [4.69, 9.17) is 5.73 Å². The predicted octanol–water partition coefficient (Wildman–Crippen LogP) is 1.88. The van der Waals surface area contributed by atoms with Crippen LogP contribution in [0, 0.1) is 5.82 Å². The molecular formula is C10H12F4N2O2S. The normalized spacial score (nSPS) is 14.2. The minimum absolute atomic E-state index is 0.0476. The van der Waals surface area contributed by atoms with Crippen LogP contribution in [0.15, 0.2) is 23.1 Å². The summed E-state index contributed by atoms with van der Waals surface area (Å²) in [5.41, 5.74) is -0.425. The number of halogens is 4. The third-order valence-electron chi connectivity index (χ3n) is 2.15. The number of hydrogen-bond donors (Lipinski definition) is 2. The van der Waals surface area contributed by atoms with Gasteiger partial charge in [-0.15, -0.1) is 0 Å². The molecular weight excluding hydrogens is 288 g/mol. The highest BCUT2D eigenvalue weighted by Crippen LogP contribution is 2.34. The molecule has 9 heteroatoms. The predicted molar refractivity (Wildman–Crippen MR) is 61.8 cm³/mol. The second kappa shape index (κ2) is 5.33. The van der Waals surface area contributed by atoms with Gasteiger partial charge in [0, 0.05) is 12.6 Å². The Kier molecular flexibility index (Phi) is 4.41. The summed E-state index contributed by atoms with van der Waals surface area (Å²) in [4.78, 5) is -1.15. The molecule has 0 aliphatic rings. The summed E-state index contributed by atoms with van der Waals surface area (Å²) in [6.07, 6.45) is 0. The third-order valence-corrected chi connectivity index (χ3v) is 3.68. The van der Waals surface area contributed by atoms with Crippen LogP contribution in [0.4, 0.5) is 23.2 Å². The van der Waals surface area contributed by atoms with Gasteiger partial charge < -0.3 is 11.1 Å². The summed E-state index contributed by atoms with van der Waals surface area (Å²) in [6, 6.07) is 1.70. The Labute approximate surface area is 107 Å². The standard InChI is InChI=1S/C10H12F4N2O2S/c1-6(15)5-16-8-3-2-7(11)4-9(8)19(17,18)10(12,13)14/h2-4,6,16H,5,15H2,1H3. The Hall–Kier alpha value is -1.35.